The Morgan fingerprint density at radius 1 is 0.889 bits per heavy atom. The Morgan fingerprint density at radius 3 is 1.50 bits per heavy atom. The van der Waals surface area contributed by atoms with E-state index in [0.29, 0.717) is 26.2 Å². The van der Waals surface area contributed by atoms with Crippen molar-refractivity contribution < 1.29 is 15.3 Å². The van der Waals surface area contributed by atoms with Crippen molar-refractivity contribution in [2.24, 2.45) is 0 Å². The molecule has 0 spiro atoms. The zero-order valence-electron chi connectivity index (χ0n) is 12.1. The van der Waals surface area contributed by atoms with Gasteiger partial charge in [-0.1, -0.05) is 0 Å². The third-order valence-corrected chi connectivity index (χ3v) is 2.89. The molecule has 3 N–H and O–H groups in total. The molecular weight excluding hydrogens is 232 g/mol. The second kappa shape index (κ2) is 5.84. The van der Waals surface area contributed by atoms with E-state index in [1.54, 1.807) is 27.7 Å². The van der Waals surface area contributed by atoms with Crippen LogP contribution in [0, 0.1) is 0 Å². The van der Waals surface area contributed by atoms with Crippen LogP contribution in [-0.2, 0) is 0 Å². The molecule has 1 heterocycles. The van der Waals surface area contributed by atoms with Gasteiger partial charge < -0.3 is 15.3 Å². The Labute approximate surface area is 110 Å². The lowest BCUT2D eigenvalue weighted by Crippen LogP contribution is -2.42. The van der Waals surface area contributed by atoms with E-state index < -0.39 is 17.3 Å². The Morgan fingerprint density at radius 2 is 1.22 bits per heavy atom. The third kappa shape index (κ3) is 6.66. The zero-order valence-corrected chi connectivity index (χ0v) is 12.1. The highest BCUT2D eigenvalue weighted by Gasteiger charge is 2.27. The fourth-order valence-electron chi connectivity index (χ4n) is 2.50. The molecule has 5 nitrogen and oxygen atoms in total. The first kappa shape index (κ1) is 15.9. The molecule has 0 atom stereocenters. The van der Waals surface area contributed by atoms with Gasteiger partial charge in [0.15, 0.2) is 0 Å². The lowest BCUT2D eigenvalue weighted by Gasteiger charge is -2.29. The van der Waals surface area contributed by atoms with Gasteiger partial charge in [-0.15, -0.1) is 0 Å². The number of aliphatic hydroxyl groups excluding tert-OH is 1. The molecule has 0 aromatic rings. The molecule has 1 aliphatic heterocycles. The number of aliphatic hydroxyl groups is 3. The van der Waals surface area contributed by atoms with Crippen molar-refractivity contribution in [2.75, 3.05) is 39.3 Å². The van der Waals surface area contributed by atoms with Gasteiger partial charge in [0.1, 0.15) is 0 Å². The first-order valence-electron chi connectivity index (χ1n) is 6.63. The summed E-state index contributed by atoms with van der Waals surface area (Å²) < 4.78 is 0. The first-order chi connectivity index (χ1) is 8.05. The molecular formula is C13H28N2O3. The molecule has 5 heteroatoms. The van der Waals surface area contributed by atoms with Crippen molar-refractivity contribution in [1.82, 2.24) is 9.80 Å². The summed E-state index contributed by atoms with van der Waals surface area (Å²) in [6, 6.07) is 0. The van der Waals surface area contributed by atoms with Gasteiger partial charge in [-0.2, -0.15) is 0 Å². The average molecular weight is 260 g/mol. The summed E-state index contributed by atoms with van der Waals surface area (Å²) in [5.41, 5.74) is -1.49. The van der Waals surface area contributed by atoms with E-state index >= 15 is 0 Å². The molecule has 0 bridgehead atoms. The van der Waals surface area contributed by atoms with Gasteiger partial charge >= 0.3 is 0 Å². The smallest absolute Gasteiger partial charge is 0.0793 e. The van der Waals surface area contributed by atoms with Gasteiger partial charge in [0.05, 0.1) is 17.3 Å². The fourth-order valence-corrected chi connectivity index (χ4v) is 2.50. The van der Waals surface area contributed by atoms with E-state index in [4.69, 9.17) is 0 Å². The van der Waals surface area contributed by atoms with Crippen LogP contribution in [0.25, 0.3) is 0 Å². The lowest BCUT2D eigenvalue weighted by atomic mass is 10.1. The molecule has 0 aliphatic carbocycles. The van der Waals surface area contributed by atoms with Gasteiger partial charge in [-0.3, -0.25) is 9.80 Å². The van der Waals surface area contributed by atoms with E-state index in [1.807, 2.05) is 0 Å². The van der Waals surface area contributed by atoms with E-state index in [0.717, 1.165) is 13.1 Å². The Balaban J connectivity index is 2.53. The Hall–Kier alpha value is -0.200. The highest BCUT2D eigenvalue weighted by atomic mass is 16.3. The van der Waals surface area contributed by atoms with Gasteiger partial charge in [0, 0.05) is 39.3 Å². The van der Waals surface area contributed by atoms with Crippen molar-refractivity contribution in [1.29, 1.82) is 0 Å². The van der Waals surface area contributed by atoms with Crippen molar-refractivity contribution in [2.45, 2.75) is 45.0 Å². The van der Waals surface area contributed by atoms with E-state index in [2.05, 4.69) is 9.80 Å². The normalized spacial score (nSPS) is 22.2. The second-order valence-electron chi connectivity index (χ2n) is 6.75. The van der Waals surface area contributed by atoms with Crippen LogP contribution in [0.5, 0.6) is 0 Å². The van der Waals surface area contributed by atoms with Crippen LogP contribution in [0.1, 0.15) is 27.7 Å². The number of hydrogen-bond donors (Lipinski definition) is 3. The van der Waals surface area contributed by atoms with E-state index in [-0.39, 0.29) is 0 Å². The molecule has 1 saturated heterocycles. The molecule has 0 aromatic carbocycles. The van der Waals surface area contributed by atoms with Crippen LogP contribution in [0.3, 0.4) is 0 Å². The maximum Gasteiger partial charge on any atom is 0.0793 e. The highest BCUT2D eigenvalue weighted by molar-refractivity contribution is 4.82. The van der Waals surface area contributed by atoms with Crippen LogP contribution in [0.2, 0.25) is 0 Å². The molecule has 1 aliphatic rings. The molecule has 0 radical (unpaired) electrons. The third-order valence-electron chi connectivity index (χ3n) is 2.89. The van der Waals surface area contributed by atoms with Gasteiger partial charge in [0.2, 0.25) is 0 Å². The van der Waals surface area contributed by atoms with E-state index in [9.17, 15) is 15.3 Å². The molecule has 18 heavy (non-hydrogen) atoms. The second-order valence-corrected chi connectivity index (χ2v) is 6.75. The van der Waals surface area contributed by atoms with Crippen molar-refractivity contribution in [3.8, 4) is 0 Å². The quantitative estimate of drug-likeness (QED) is 0.636. The molecule has 0 aromatic heterocycles. The molecule has 108 valence electrons. The van der Waals surface area contributed by atoms with Gasteiger partial charge in [0.25, 0.3) is 0 Å². The highest BCUT2D eigenvalue weighted by Crippen LogP contribution is 2.12. The molecule has 1 rings (SSSR count). The Kier molecular flexibility index (Phi) is 5.14. The summed E-state index contributed by atoms with van der Waals surface area (Å²) in [6.45, 7) is 11.0. The first-order valence-corrected chi connectivity index (χ1v) is 6.63. The standard InChI is InChI=1S/C13H28N2O3/c1-12(2,17)9-14-5-6-15(8-11(16)7-14)10-13(3,4)18/h11,16-18H,5-10H2,1-4H3. The van der Waals surface area contributed by atoms with Crippen molar-refractivity contribution in [3.63, 3.8) is 0 Å². The number of β-amino-alcohol motifs (C(OH)–C–C–N with tert-alkyl or cyclic N) is 3. The predicted octanol–water partition coefficient (Wildman–Crippen LogP) is -0.493. The Bertz CT molecular complexity index is 232. The van der Waals surface area contributed by atoms with Crippen molar-refractivity contribution >= 4 is 0 Å². The largest absolute Gasteiger partial charge is 0.390 e. The minimum atomic E-state index is -0.745. The van der Waals surface area contributed by atoms with Crippen LogP contribution >= 0.6 is 0 Å². The minimum absolute atomic E-state index is 0.433. The van der Waals surface area contributed by atoms with Gasteiger partial charge in [-0.05, 0) is 27.7 Å². The van der Waals surface area contributed by atoms with Crippen LogP contribution in [0.15, 0.2) is 0 Å². The lowest BCUT2D eigenvalue weighted by molar-refractivity contribution is 0.0224. The summed E-state index contributed by atoms with van der Waals surface area (Å²) in [5, 5.41) is 29.6. The molecule has 1 fully saturated rings. The maximum absolute atomic E-state index is 9.98. The summed E-state index contributed by atoms with van der Waals surface area (Å²) >= 11 is 0. The number of rotatable bonds is 4. The number of nitrogens with zero attached hydrogens (tertiary/aromatic N) is 2. The zero-order chi connectivity index (χ0) is 14.0. The summed E-state index contributed by atoms with van der Waals surface area (Å²) in [6.07, 6.45) is -0.433. The van der Waals surface area contributed by atoms with Crippen LogP contribution < -0.4 is 0 Å². The minimum Gasteiger partial charge on any atom is -0.390 e. The topological polar surface area (TPSA) is 67.2 Å². The van der Waals surface area contributed by atoms with Crippen molar-refractivity contribution in [3.05, 3.63) is 0 Å². The molecule has 0 saturated carbocycles. The fraction of sp³-hybridized carbons (Fsp3) is 1.00. The summed E-state index contributed by atoms with van der Waals surface area (Å²) in [5.74, 6) is 0. The van der Waals surface area contributed by atoms with Gasteiger partial charge in [-0.25, -0.2) is 0 Å². The number of hydrogen-bond acceptors (Lipinski definition) is 5. The monoisotopic (exact) mass is 260 g/mol. The average Bonchev–Trinajstić information content (AvgIpc) is 2.21. The SMILES string of the molecule is CC(C)(O)CN1CCN(CC(C)(C)O)CC(O)C1. The maximum atomic E-state index is 9.98. The molecule has 0 amide bonds. The summed E-state index contributed by atoms with van der Waals surface area (Å²) in [4.78, 5) is 4.16. The molecule has 0 unspecified atom stereocenters. The van der Waals surface area contributed by atoms with Crippen LogP contribution in [0.4, 0.5) is 0 Å². The van der Waals surface area contributed by atoms with Crippen LogP contribution in [-0.4, -0.2) is 81.7 Å². The summed E-state index contributed by atoms with van der Waals surface area (Å²) in [7, 11) is 0. The predicted molar refractivity (Wildman–Crippen MR) is 71.5 cm³/mol. The van der Waals surface area contributed by atoms with E-state index in [1.165, 1.54) is 0 Å².